The molecule has 19 heteroatoms. The molecule has 17 nitrogen and oxygen atoms in total. The van der Waals surface area contributed by atoms with Gasteiger partial charge in [0.05, 0.1) is 26.4 Å². The second-order valence-electron chi connectivity index (χ2n) is 26.1. The molecule has 0 radical (unpaired) electrons. The highest BCUT2D eigenvalue weighted by Crippen LogP contribution is 2.45. The average molecular weight is 1300 g/mol. The van der Waals surface area contributed by atoms with Crippen LogP contribution in [0.5, 0.6) is 0 Å². The fourth-order valence-corrected chi connectivity index (χ4v) is 11.9. The molecule has 0 aliphatic rings. The summed E-state index contributed by atoms with van der Waals surface area (Å²) in [5.41, 5.74) is 0. The van der Waals surface area contributed by atoms with Gasteiger partial charge in [0.1, 0.15) is 19.3 Å². The molecule has 0 rings (SSSR count). The summed E-state index contributed by atoms with van der Waals surface area (Å²) >= 11 is 0. The molecule has 0 aliphatic heterocycles. The predicted molar refractivity (Wildman–Crippen MR) is 354 cm³/mol. The van der Waals surface area contributed by atoms with Crippen LogP contribution in [0.15, 0.2) is 0 Å². The first-order valence-corrected chi connectivity index (χ1v) is 38.9. The van der Waals surface area contributed by atoms with Crippen molar-refractivity contribution in [1.82, 2.24) is 0 Å². The molecule has 0 spiro atoms. The molecule has 0 fully saturated rings. The molecule has 0 saturated carbocycles. The zero-order valence-corrected chi connectivity index (χ0v) is 59.0. The second kappa shape index (κ2) is 60.0. The number of hydrogen-bond acceptors (Lipinski definition) is 15. The Labute approximate surface area is 537 Å². The Bertz CT molecular complexity index is 1730. The van der Waals surface area contributed by atoms with Gasteiger partial charge in [-0.1, -0.05) is 292 Å². The van der Waals surface area contributed by atoms with Crippen LogP contribution in [-0.4, -0.2) is 96.7 Å². The Hall–Kier alpha value is -1.94. The lowest BCUT2D eigenvalue weighted by Gasteiger charge is -2.21. The third-order valence-electron chi connectivity index (χ3n) is 16.2. The van der Waals surface area contributed by atoms with Crippen LogP contribution in [-0.2, 0) is 65.4 Å². The number of carbonyl (C=O) groups excluding carboxylic acids is 4. The Balaban J connectivity index is 5.25. The molecule has 0 bridgehead atoms. The molecule has 0 saturated heterocycles. The van der Waals surface area contributed by atoms with E-state index < -0.39 is 97.5 Å². The van der Waals surface area contributed by atoms with Gasteiger partial charge in [-0.25, -0.2) is 9.13 Å². The number of aliphatic hydroxyl groups is 1. The molecular formula is C69H134O17P2. The van der Waals surface area contributed by atoms with Crippen LogP contribution >= 0.6 is 15.6 Å². The van der Waals surface area contributed by atoms with Crippen molar-refractivity contribution in [2.75, 3.05) is 39.6 Å². The van der Waals surface area contributed by atoms with E-state index >= 15 is 0 Å². The number of aliphatic hydroxyl groups excluding tert-OH is 1. The monoisotopic (exact) mass is 1300 g/mol. The summed E-state index contributed by atoms with van der Waals surface area (Å²) in [4.78, 5) is 72.5. The summed E-state index contributed by atoms with van der Waals surface area (Å²) in [6.45, 7) is 11.7. The Morgan fingerprint density at radius 2 is 0.580 bits per heavy atom. The van der Waals surface area contributed by atoms with Crippen molar-refractivity contribution < 1.29 is 80.2 Å². The van der Waals surface area contributed by atoms with Crippen molar-refractivity contribution in [2.45, 2.75) is 362 Å². The SMILES string of the molecule is CCCCCCCCCCCCCCCCCC(=O)O[C@H](COC(=O)CCCCCCCCCCCCC(C)C)COP(=O)(O)OC[C@@H](O)COP(=O)(O)OC[C@@H](COC(=O)CCCCCCCCC(C)CC)OC(=O)CCCCCCCCCC(C)C. The Kier molecular flexibility index (Phi) is 58.7. The Morgan fingerprint density at radius 1 is 0.330 bits per heavy atom. The van der Waals surface area contributed by atoms with Crippen LogP contribution in [0.2, 0.25) is 0 Å². The van der Waals surface area contributed by atoms with Gasteiger partial charge >= 0.3 is 39.5 Å². The standard InChI is InChI=1S/C69H134O17P2/c1-8-10-11-12-13-14-15-16-17-18-19-24-29-38-45-52-68(73)85-64(56-79-66(71)50-43-36-28-23-21-20-22-26-33-40-47-60(3)4)58-83-87(75,76)81-54-63(70)55-82-88(77,78)84-59-65(86-69(74)53-46-39-30-25-27-34-41-48-61(5)6)57-80-67(72)51-44-37-32-31-35-42-49-62(7)9-2/h60-65,70H,8-59H2,1-7H3,(H,75,76)(H,77,78)/t62?,63-,64-,65-/m1/s1. The van der Waals surface area contributed by atoms with Gasteiger partial charge in [-0.3, -0.25) is 37.3 Å². The van der Waals surface area contributed by atoms with Crippen molar-refractivity contribution in [3.63, 3.8) is 0 Å². The van der Waals surface area contributed by atoms with Gasteiger partial charge in [-0.2, -0.15) is 0 Å². The van der Waals surface area contributed by atoms with E-state index in [-0.39, 0.29) is 25.7 Å². The van der Waals surface area contributed by atoms with Gasteiger partial charge in [0.25, 0.3) is 0 Å². The van der Waals surface area contributed by atoms with Gasteiger partial charge in [0, 0.05) is 25.7 Å². The minimum atomic E-state index is -4.95. The zero-order valence-electron chi connectivity index (χ0n) is 57.2. The van der Waals surface area contributed by atoms with Crippen LogP contribution in [0, 0.1) is 17.8 Å². The summed E-state index contributed by atoms with van der Waals surface area (Å²) in [6, 6.07) is 0. The molecular weight excluding hydrogens is 1160 g/mol. The van der Waals surface area contributed by atoms with Gasteiger partial charge in [-0.15, -0.1) is 0 Å². The smallest absolute Gasteiger partial charge is 0.462 e. The highest BCUT2D eigenvalue weighted by atomic mass is 31.2. The van der Waals surface area contributed by atoms with Crippen molar-refractivity contribution in [1.29, 1.82) is 0 Å². The van der Waals surface area contributed by atoms with Gasteiger partial charge in [0.2, 0.25) is 0 Å². The number of ether oxygens (including phenoxy) is 4. The summed E-state index contributed by atoms with van der Waals surface area (Å²) in [7, 11) is -9.90. The van der Waals surface area contributed by atoms with Crippen LogP contribution in [0.3, 0.4) is 0 Å². The number of carbonyl (C=O) groups is 4. The zero-order chi connectivity index (χ0) is 65.2. The molecule has 0 aromatic heterocycles. The average Bonchev–Trinajstić information content (AvgIpc) is 3.53. The molecule has 88 heavy (non-hydrogen) atoms. The second-order valence-corrected chi connectivity index (χ2v) is 29.0. The lowest BCUT2D eigenvalue weighted by Crippen LogP contribution is -2.30. The molecule has 0 aromatic carbocycles. The highest BCUT2D eigenvalue weighted by Gasteiger charge is 2.30. The van der Waals surface area contributed by atoms with Gasteiger partial charge in [0.15, 0.2) is 12.2 Å². The molecule has 0 amide bonds. The van der Waals surface area contributed by atoms with Crippen molar-refractivity contribution >= 4 is 39.5 Å². The molecule has 0 aromatic rings. The summed E-state index contributed by atoms with van der Waals surface area (Å²) < 4.78 is 68.2. The molecule has 0 aliphatic carbocycles. The predicted octanol–water partition coefficient (Wildman–Crippen LogP) is 19.5. The van der Waals surface area contributed by atoms with E-state index in [9.17, 15) is 43.2 Å². The maximum Gasteiger partial charge on any atom is 0.472 e. The minimum absolute atomic E-state index is 0.102. The first kappa shape index (κ1) is 86.1. The Morgan fingerprint density at radius 3 is 0.864 bits per heavy atom. The van der Waals surface area contributed by atoms with Crippen LogP contribution < -0.4 is 0 Å². The van der Waals surface area contributed by atoms with Crippen LogP contribution in [0.4, 0.5) is 0 Å². The number of rotatable bonds is 67. The lowest BCUT2D eigenvalue weighted by atomic mass is 10.00. The number of phosphoric acid groups is 2. The van der Waals surface area contributed by atoms with Crippen LogP contribution in [0.25, 0.3) is 0 Å². The van der Waals surface area contributed by atoms with Crippen molar-refractivity contribution in [3.8, 4) is 0 Å². The van der Waals surface area contributed by atoms with Gasteiger partial charge in [-0.05, 0) is 43.4 Å². The first-order valence-electron chi connectivity index (χ1n) is 35.9. The topological polar surface area (TPSA) is 237 Å². The van der Waals surface area contributed by atoms with E-state index in [1.165, 1.54) is 148 Å². The molecule has 0 heterocycles. The van der Waals surface area contributed by atoms with Crippen LogP contribution in [0.1, 0.15) is 344 Å². The first-order chi connectivity index (χ1) is 42.3. The molecule has 6 atom stereocenters. The van der Waals surface area contributed by atoms with E-state index in [0.717, 1.165) is 108 Å². The molecule has 3 N–H and O–H groups in total. The quantitative estimate of drug-likeness (QED) is 0.0222. The number of hydrogen-bond donors (Lipinski definition) is 3. The largest absolute Gasteiger partial charge is 0.472 e. The van der Waals surface area contributed by atoms with Crippen molar-refractivity contribution in [2.24, 2.45) is 17.8 Å². The maximum absolute atomic E-state index is 13.0. The van der Waals surface area contributed by atoms with Gasteiger partial charge < -0.3 is 33.8 Å². The number of phosphoric ester groups is 2. The maximum atomic E-state index is 13.0. The van der Waals surface area contributed by atoms with E-state index in [1.54, 1.807) is 0 Å². The molecule has 522 valence electrons. The number of esters is 4. The van der Waals surface area contributed by atoms with Crippen molar-refractivity contribution in [3.05, 3.63) is 0 Å². The highest BCUT2D eigenvalue weighted by molar-refractivity contribution is 7.47. The summed E-state index contributed by atoms with van der Waals surface area (Å²) in [5, 5.41) is 10.6. The number of unbranched alkanes of at least 4 members (excludes halogenated alkanes) is 34. The van der Waals surface area contributed by atoms with E-state index in [0.29, 0.717) is 31.6 Å². The summed E-state index contributed by atoms with van der Waals surface area (Å²) in [6.07, 6.45) is 43.1. The summed E-state index contributed by atoms with van der Waals surface area (Å²) in [5.74, 6) is 0.0552. The van der Waals surface area contributed by atoms with E-state index in [1.807, 2.05) is 0 Å². The lowest BCUT2D eigenvalue weighted by molar-refractivity contribution is -0.161. The normalized spacial score (nSPS) is 14.5. The third-order valence-corrected chi connectivity index (χ3v) is 18.1. The fraction of sp³-hybridized carbons (Fsp3) is 0.942. The fourth-order valence-electron chi connectivity index (χ4n) is 10.3. The minimum Gasteiger partial charge on any atom is -0.462 e. The van der Waals surface area contributed by atoms with E-state index in [2.05, 4.69) is 48.5 Å². The van der Waals surface area contributed by atoms with E-state index in [4.69, 9.17) is 37.0 Å². The third kappa shape index (κ3) is 61.6. The molecule has 3 unspecified atom stereocenters.